The largest absolute Gasteiger partial charge is 0.350 e. The Kier molecular flexibility index (Phi) is 5.29. The van der Waals surface area contributed by atoms with E-state index in [1.54, 1.807) is 18.3 Å². The van der Waals surface area contributed by atoms with Crippen molar-refractivity contribution in [3.8, 4) is 0 Å². The number of anilines is 1. The van der Waals surface area contributed by atoms with Crippen LogP contribution >= 0.6 is 0 Å². The fraction of sp³-hybridized carbons (Fsp3) is 0.250. The number of carbonyl (C=O) groups excluding carboxylic acids is 1. The summed E-state index contributed by atoms with van der Waals surface area (Å²) in [6.07, 6.45) is 3.38. The van der Waals surface area contributed by atoms with Crippen LogP contribution in [0.2, 0.25) is 0 Å². The summed E-state index contributed by atoms with van der Waals surface area (Å²) in [6.45, 7) is 2.00. The number of rotatable bonds is 6. The van der Waals surface area contributed by atoms with Gasteiger partial charge < -0.3 is 10.7 Å². The quantitative estimate of drug-likeness (QED) is 0.560. The van der Waals surface area contributed by atoms with Crippen molar-refractivity contribution in [3.05, 3.63) is 59.8 Å². The number of nitrogens with zero attached hydrogens (tertiary/aromatic N) is 1. The second-order valence-corrected chi connectivity index (χ2v) is 4.97. The predicted molar refractivity (Wildman–Crippen MR) is 83.7 cm³/mol. The average molecular weight is 284 g/mol. The topological polar surface area (TPSA) is 80.0 Å². The van der Waals surface area contributed by atoms with Gasteiger partial charge in [0.15, 0.2) is 0 Å². The Balaban J connectivity index is 1.87. The van der Waals surface area contributed by atoms with Crippen LogP contribution in [0.25, 0.3) is 0 Å². The standard InChI is InChI=1S/C16H20N4O/c1-12(7-8-13-5-3-2-4-6-13)19-16(21)14-9-10-18-15(11-14)20-17/h2-6,9-12H,7-8,17H2,1H3,(H,18,20)(H,19,21). The fourth-order valence-corrected chi connectivity index (χ4v) is 2.06. The molecule has 0 radical (unpaired) electrons. The Bertz CT molecular complexity index is 586. The number of amides is 1. The second kappa shape index (κ2) is 7.40. The first kappa shape index (κ1) is 15.0. The lowest BCUT2D eigenvalue weighted by molar-refractivity contribution is 0.0938. The van der Waals surface area contributed by atoms with Crippen molar-refractivity contribution in [3.63, 3.8) is 0 Å². The van der Waals surface area contributed by atoms with Gasteiger partial charge in [-0.3, -0.25) is 4.79 Å². The van der Waals surface area contributed by atoms with Gasteiger partial charge in [0, 0.05) is 17.8 Å². The molecule has 21 heavy (non-hydrogen) atoms. The van der Waals surface area contributed by atoms with E-state index in [2.05, 4.69) is 27.9 Å². The first-order valence-corrected chi connectivity index (χ1v) is 6.96. The summed E-state index contributed by atoms with van der Waals surface area (Å²) in [5, 5.41) is 2.98. The van der Waals surface area contributed by atoms with Crippen LogP contribution in [0.1, 0.15) is 29.3 Å². The van der Waals surface area contributed by atoms with Crippen LogP contribution < -0.4 is 16.6 Å². The van der Waals surface area contributed by atoms with Crippen LogP contribution in [0.5, 0.6) is 0 Å². The highest BCUT2D eigenvalue weighted by Gasteiger charge is 2.10. The molecule has 1 heterocycles. The molecule has 0 spiro atoms. The van der Waals surface area contributed by atoms with Crippen molar-refractivity contribution in [2.45, 2.75) is 25.8 Å². The summed E-state index contributed by atoms with van der Waals surface area (Å²) < 4.78 is 0. The Morgan fingerprint density at radius 1 is 1.29 bits per heavy atom. The van der Waals surface area contributed by atoms with Crippen LogP contribution in [0.15, 0.2) is 48.7 Å². The lowest BCUT2D eigenvalue weighted by Gasteiger charge is -2.14. The van der Waals surface area contributed by atoms with E-state index in [4.69, 9.17) is 5.84 Å². The first-order valence-electron chi connectivity index (χ1n) is 6.96. The highest BCUT2D eigenvalue weighted by molar-refractivity contribution is 5.94. The van der Waals surface area contributed by atoms with Gasteiger partial charge in [-0.1, -0.05) is 30.3 Å². The Morgan fingerprint density at radius 2 is 2.05 bits per heavy atom. The van der Waals surface area contributed by atoms with Crippen molar-refractivity contribution in [2.24, 2.45) is 5.84 Å². The highest BCUT2D eigenvalue weighted by Crippen LogP contribution is 2.08. The lowest BCUT2D eigenvalue weighted by Crippen LogP contribution is -2.33. The van der Waals surface area contributed by atoms with Gasteiger partial charge in [0.1, 0.15) is 5.82 Å². The third-order valence-corrected chi connectivity index (χ3v) is 3.26. The summed E-state index contributed by atoms with van der Waals surface area (Å²) in [6, 6.07) is 13.6. The first-order chi connectivity index (χ1) is 10.2. The number of pyridine rings is 1. The van der Waals surface area contributed by atoms with Gasteiger partial charge in [0.25, 0.3) is 5.91 Å². The smallest absolute Gasteiger partial charge is 0.251 e. The maximum Gasteiger partial charge on any atom is 0.251 e. The van der Waals surface area contributed by atoms with E-state index in [0.29, 0.717) is 11.4 Å². The minimum absolute atomic E-state index is 0.0974. The van der Waals surface area contributed by atoms with Crippen LogP contribution in [0.4, 0.5) is 5.82 Å². The van der Waals surface area contributed by atoms with E-state index in [1.807, 2.05) is 25.1 Å². The average Bonchev–Trinajstić information content (AvgIpc) is 2.54. The number of nitrogens with two attached hydrogens (primary N) is 1. The molecule has 0 aliphatic rings. The van der Waals surface area contributed by atoms with Crippen LogP contribution in [-0.2, 0) is 6.42 Å². The third-order valence-electron chi connectivity index (χ3n) is 3.26. The number of hydrogen-bond acceptors (Lipinski definition) is 4. The van der Waals surface area contributed by atoms with Gasteiger partial charge in [-0.2, -0.15) is 0 Å². The molecule has 5 nitrogen and oxygen atoms in total. The number of hydrazine groups is 1. The van der Waals surface area contributed by atoms with E-state index >= 15 is 0 Å². The summed E-state index contributed by atoms with van der Waals surface area (Å²) in [5.74, 6) is 5.64. The SMILES string of the molecule is CC(CCc1ccccc1)NC(=O)c1ccnc(NN)c1. The van der Waals surface area contributed by atoms with Crippen molar-refractivity contribution in [1.29, 1.82) is 0 Å². The van der Waals surface area contributed by atoms with E-state index in [9.17, 15) is 4.79 Å². The molecule has 0 saturated heterocycles. The molecule has 2 aromatic rings. The van der Waals surface area contributed by atoms with Gasteiger partial charge in [0.05, 0.1) is 0 Å². The molecule has 0 aliphatic heterocycles. The Hall–Kier alpha value is -2.40. The van der Waals surface area contributed by atoms with Gasteiger partial charge in [0.2, 0.25) is 0 Å². The molecule has 0 saturated carbocycles. The van der Waals surface area contributed by atoms with Crippen molar-refractivity contribution >= 4 is 11.7 Å². The molecule has 1 unspecified atom stereocenters. The summed E-state index contributed by atoms with van der Waals surface area (Å²) >= 11 is 0. The van der Waals surface area contributed by atoms with E-state index in [-0.39, 0.29) is 11.9 Å². The van der Waals surface area contributed by atoms with Crippen LogP contribution in [0.3, 0.4) is 0 Å². The highest BCUT2D eigenvalue weighted by atomic mass is 16.1. The van der Waals surface area contributed by atoms with E-state index in [1.165, 1.54) is 5.56 Å². The monoisotopic (exact) mass is 284 g/mol. The van der Waals surface area contributed by atoms with Crippen LogP contribution in [0, 0.1) is 0 Å². The van der Waals surface area contributed by atoms with Crippen molar-refractivity contribution in [1.82, 2.24) is 10.3 Å². The Labute approximate surface area is 124 Å². The lowest BCUT2D eigenvalue weighted by atomic mass is 10.1. The molecule has 110 valence electrons. The predicted octanol–water partition coefficient (Wildman–Crippen LogP) is 2.12. The number of nitrogens with one attached hydrogen (secondary N) is 2. The molecule has 2 rings (SSSR count). The van der Waals surface area contributed by atoms with E-state index < -0.39 is 0 Å². The van der Waals surface area contributed by atoms with Gasteiger partial charge >= 0.3 is 0 Å². The number of hydrogen-bond donors (Lipinski definition) is 3. The zero-order valence-corrected chi connectivity index (χ0v) is 12.0. The van der Waals surface area contributed by atoms with Gasteiger partial charge in [-0.15, -0.1) is 0 Å². The van der Waals surface area contributed by atoms with Crippen molar-refractivity contribution < 1.29 is 4.79 Å². The number of carbonyl (C=O) groups is 1. The normalized spacial score (nSPS) is 11.7. The fourth-order valence-electron chi connectivity index (χ4n) is 2.06. The number of aryl methyl sites for hydroxylation is 1. The van der Waals surface area contributed by atoms with Crippen molar-refractivity contribution in [2.75, 3.05) is 5.43 Å². The molecule has 1 amide bonds. The second-order valence-electron chi connectivity index (χ2n) is 4.97. The Morgan fingerprint density at radius 3 is 2.76 bits per heavy atom. The molecular formula is C16H20N4O. The molecule has 4 N–H and O–H groups in total. The van der Waals surface area contributed by atoms with Gasteiger partial charge in [-0.05, 0) is 37.5 Å². The minimum Gasteiger partial charge on any atom is -0.350 e. The zero-order valence-electron chi connectivity index (χ0n) is 12.0. The summed E-state index contributed by atoms with van der Waals surface area (Å²) in [4.78, 5) is 16.1. The molecule has 0 fully saturated rings. The zero-order chi connectivity index (χ0) is 15.1. The molecule has 5 heteroatoms. The number of benzene rings is 1. The van der Waals surface area contributed by atoms with Gasteiger partial charge in [-0.25, -0.2) is 10.8 Å². The minimum atomic E-state index is -0.116. The summed E-state index contributed by atoms with van der Waals surface area (Å²) in [5.41, 5.74) is 4.25. The summed E-state index contributed by atoms with van der Waals surface area (Å²) in [7, 11) is 0. The molecule has 1 atom stereocenters. The van der Waals surface area contributed by atoms with Crippen LogP contribution in [-0.4, -0.2) is 16.9 Å². The maximum absolute atomic E-state index is 12.1. The van der Waals surface area contributed by atoms with E-state index in [0.717, 1.165) is 12.8 Å². The molecule has 1 aromatic heterocycles. The third kappa shape index (κ3) is 4.57. The molecule has 0 aliphatic carbocycles. The molecule has 0 bridgehead atoms. The maximum atomic E-state index is 12.1. The number of aromatic nitrogens is 1. The number of nitrogen functional groups attached to an aromatic ring is 1. The molecule has 1 aromatic carbocycles. The molecular weight excluding hydrogens is 264 g/mol.